The molecule has 3 aromatic rings. The summed E-state index contributed by atoms with van der Waals surface area (Å²) in [5, 5.41) is 0. The van der Waals surface area contributed by atoms with Gasteiger partial charge in [0.15, 0.2) is 6.10 Å². The minimum atomic E-state index is -0.693. The van der Waals surface area contributed by atoms with E-state index in [1.54, 1.807) is 13.2 Å². The van der Waals surface area contributed by atoms with E-state index in [-0.39, 0.29) is 6.61 Å². The Bertz CT molecular complexity index is 1090. The lowest BCUT2D eigenvalue weighted by Gasteiger charge is -2.17. The van der Waals surface area contributed by atoms with E-state index in [0.717, 1.165) is 16.8 Å². The SMILES string of the molecule is CCOC(Cc1ccc(OCc2nc(-c3ccc(C(C)C)cc3)oc2C)cc1OC)C(=O)OC. The molecule has 1 atom stereocenters. The molecule has 34 heavy (non-hydrogen) atoms. The number of methoxy groups -OCH3 is 2. The number of carbonyl (C=O) groups excluding carboxylic acids is 1. The quantitative estimate of drug-likeness (QED) is 0.345. The van der Waals surface area contributed by atoms with Crippen LogP contribution in [0, 0.1) is 6.92 Å². The maximum atomic E-state index is 12.0. The van der Waals surface area contributed by atoms with E-state index in [9.17, 15) is 4.79 Å². The Morgan fingerprint density at radius 3 is 2.44 bits per heavy atom. The maximum absolute atomic E-state index is 12.0. The van der Waals surface area contributed by atoms with Crippen LogP contribution in [0.3, 0.4) is 0 Å². The van der Waals surface area contributed by atoms with Gasteiger partial charge in [0.05, 0.1) is 14.2 Å². The first-order valence-corrected chi connectivity index (χ1v) is 11.4. The Labute approximate surface area is 201 Å². The van der Waals surface area contributed by atoms with Crippen molar-refractivity contribution in [2.45, 2.75) is 52.7 Å². The standard InChI is InChI=1S/C27H33NO6/c1-7-32-25(27(29)31-6)14-21-12-13-22(15-24(21)30-5)33-16-23-18(4)34-26(28-23)20-10-8-19(9-11-20)17(2)3/h8-13,15,17,25H,7,14,16H2,1-6H3. The van der Waals surface area contributed by atoms with Crippen molar-refractivity contribution < 1.29 is 28.2 Å². The Hall–Kier alpha value is -3.32. The monoisotopic (exact) mass is 467 g/mol. The van der Waals surface area contributed by atoms with Gasteiger partial charge in [0, 0.05) is 24.7 Å². The van der Waals surface area contributed by atoms with E-state index in [1.165, 1.54) is 12.7 Å². The van der Waals surface area contributed by atoms with Crippen LogP contribution in [0.15, 0.2) is 46.9 Å². The van der Waals surface area contributed by atoms with E-state index in [4.69, 9.17) is 23.4 Å². The highest BCUT2D eigenvalue weighted by molar-refractivity contribution is 5.75. The summed E-state index contributed by atoms with van der Waals surface area (Å²) < 4.78 is 27.7. The van der Waals surface area contributed by atoms with E-state index in [0.29, 0.717) is 42.1 Å². The summed E-state index contributed by atoms with van der Waals surface area (Å²) in [6, 6.07) is 13.7. The second-order valence-electron chi connectivity index (χ2n) is 8.23. The second-order valence-corrected chi connectivity index (χ2v) is 8.23. The molecule has 1 aromatic heterocycles. The molecular formula is C27H33NO6. The van der Waals surface area contributed by atoms with E-state index < -0.39 is 12.1 Å². The highest BCUT2D eigenvalue weighted by atomic mass is 16.6. The van der Waals surface area contributed by atoms with Gasteiger partial charge in [-0.15, -0.1) is 0 Å². The third kappa shape index (κ3) is 6.17. The molecule has 0 N–H and O–H groups in total. The summed E-state index contributed by atoms with van der Waals surface area (Å²) in [4.78, 5) is 16.6. The molecule has 0 aliphatic heterocycles. The van der Waals surface area contributed by atoms with E-state index in [2.05, 4.69) is 31.0 Å². The number of hydrogen-bond acceptors (Lipinski definition) is 7. The number of nitrogens with zero attached hydrogens (tertiary/aromatic N) is 1. The maximum Gasteiger partial charge on any atom is 0.335 e. The molecule has 0 saturated heterocycles. The zero-order valence-corrected chi connectivity index (χ0v) is 20.7. The summed E-state index contributed by atoms with van der Waals surface area (Å²) in [5.41, 5.74) is 3.75. The van der Waals surface area contributed by atoms with Crippen molar-refractivity contribution in [2.24, 2.45) is 0 Å². The fourth-order valence-corrected chi connectivity index (χ4v) is 3.57. The summed E-state index contributed by atoms with van der Waals surface area (Å²) in [7, 11) is 2.93. The molecule has 1 unspecified atom stereocenters. The third-order valence-electron chi connectivity index (χ3n) is 5.59. The zero-order chi connectivity index (χ0) is 24.7. The largest absolute Gasteiger partial charge is 0.496 e. The van der Waals surface area contributed by atoms with Crippen LogP contribution in [0.25, 0.3) is 11.5 Å². The van der Waals surface area contributed by atoms with Crippen molar-refractivity contribution in [3.8, 4) is 23.0 Å². The average Bonchev–Trinajstić information content (AvgIpc) is 3.22. The van der Waals surface area contributed by atoms with Crippen LogP contribution in [0.2, 0.25) is 0 Å². The first kappa shape index (κ1) is 25.3. The van der Waals surface area contributed by atoms with Crippen molar-refractivity contribution >= 4 is 5.97 Å². The fraction of sp³-hybridized carbons (Fsp3) is 0.407. The van der Waals surface area contributed by atoms with Gasteiger partial charge in [0.25, 0.3) is 0 Å². The first-order valence-electron chi connectivity index (χ1n) is 11.4. The van der Waals surface area contributed by atoms with Crippen LogP contribution < -0.4 is 9.47 Å². The van der Waals surface area contributed by atoms with Crippen molar-refractivity contribution in [1.82, 2.24) is 4.98 Å². The summed E-state index contributed by atoms with van der Waals surface area (Å²) >= 11 is 0. The topological polar surface area (TPSA) is 80.0 Å². The number of oxazole rings is 1. The third-order valence-corrected chi connectivity index (χ3v) is 5.59. The number of aromatic nitrogens is 1. The number of rotatable bonds is 11. The van der Waals surface area contributed by atoms with Gasteiger partial charge in [-0.2, -0.15) is 0 Å². The van der Waals surface area contributed by atoms with Crippen LogP contribution >= 0.6 is 0 Å². The van der Waals surface area contributed by atoms with Crippen molar-refractivity contribution in [3.63, 3.8) is 0 Å². The van der Waals surface area contributed by atoms with Crippen molar-refractivity contribution in [2.75, 3.05) is 20.8 Å². The molecule has 7 heteroatoms. The molecule has 182 valence electrons. The van der Waals surface area contributed by atoms with Crippen molar-refractivity contribution in [3.05, 3.63) is 65.0 Å². The number of aryl methyl sites for hydroxylation is 1. The smallest absolute Gasteiger partial charge is 0.335 e. The number of hydrogen-bond donors (Lipinski definition) is 0. The van der Waals surface area contributed by atoms with Crippen LogP contribution in [-0.4, -0.2) is 37.9 Å². The van der Waals surface area contributed by atoms with E-state index >= 15 is 0 Å². The Kier molecular flexibility index (Phi) is 8.71. The molecule has 7 nitrogen and oxygen atoms in total. The molecule has 0 saturated carbocycles. The molecule has 0 aliphatic rings. The molecule has 1 heterocycles. The Morgan fingerprint density at radius 1 is 1.09 bits per heavy atom. The predicted molar refractivity (Wildman–Crippen MR) is 129 cm³/mol. The fourth-order valence-electron chi connectivity index (χ4n) is 3.57. The van der Waals surface area contributed by atoms with Crippen LogP contribution in [0.4, 0.5) is 0 Å². The number of carbonyl (C=O) groups is 1. The Balaban J connectivity index is 1.70. The molecule has 0 fully saturated rings. The molecular weight excluding hydrogens is 434 g/mol. The lowest BCUT2D eigenvalue weighted by Crippen LogP contribution is -2.28. The molecule has 0 spiro atoms. The number of ether oxygens (including phenoxy) is 4. The van der Waals surface area contributed by atoms with Gasteiger partial charge in [0.2, 0.25) is 5.89 Å². The van der Waals surface area contributed by atoms with Gasteiger partial charge in [-0.1, -0.05) is 32.0 Å². The van der Waals surface area contributed by atoms with Crippen LogP contribution in [0.1, 0.15) is 49.3 Å². The van der Waals surface area contributed by atoms with Gasteiger partial charge in [-0.25, -0.2) is 9.78 Å². The highest BCUT2D eigenvalue weighted by Crippen LogP contribution is 2.28. The van der Waals surface area contributed by atoms with Gasteiger partial charge >= 0.3 is 5.97 Å². The summed E-state index contributed by atoms with van der Waals surface area (Å²) in [6.07, 6.45) is -0.354. The van der Waals surface area contributed by atoms with Gasteiger partial charge in [0.1, 0.15) is 29.6 Å². The first-order chi connectivity index (χ1) is 16.4. The highest BCUT2D eigenvalue weighted by Gasteiger charge is 2.22. The molecule has 0 amide bonds. The molecule has 0 bridgehead atoms. The number of esters is 1. The summed E-state index contributed by atoms with van der Waals surface area (Å²) in [5.74, 6) is 2.57. The van der Waals surface area contributed by atoms with Crippen LogP contribution in [0.5, 0.6) is 11.5 Å². The normalized spacial score (nSPS) is 12.0. The lowest BCUT2D eigenvalue weighted by molar-refractivity contribution is -0.153. The lowest BCUT2D eigenvalue weighted by atomic mass is 10.0. The molecule has 2 aromatic carbocycles. The minimum absolute atomic E-state index is 0.256. The van der Waals surface area contributed by atoms with Crippen LogP contribution in [-0.2, 0) is 27.3 Å². The van der Waals surface area contributed by atoms with E-state index in [1.807, 2.05) is 38.1 Å². The second kappa shape index (κ2) is 11.7. The number of benzene rings is 2. The molecule has 0 aliphatic carbocycles. The average molecular weight is 468 g/mol. The molecule has 0 radical (unpaired) electrons. The van der Waals surface area contributed by atoms with Gasteiger partial charge in [-0.05, 0) is 49.1 Å². The predicted octanol–water partition coefficient (Wildman–Crippen LogP) is 5.48. The van der Waals surface area contributed by atoms with Gasteiger partial charge < -0.3 is 23.4 Å². The zero-order valence-electron chi connectivity index (χ0n) is 20.7. The van der Waals surface area contributed by atoms with Gasteiger partial charge in [-0.3, -0.25) is 0 Å². The van der Waals surface area contributed by atoms with Crippen molar-refractivity contribution in [1.29, 1.82) is 0 Å². The minimum Gasteiger partial charge on any atom is -0.496 e. The Morgan fingerprint density at radius 2 is 1.82 bits per heavy atom. The molecule has 3 rings (SSSR count). The summed E-state index contributed by atoms with van der Waals surface area (Å²) in [6.45, 7) is 8.70.